The number of quaternary nitrogens is 1. The van der Waals surface area contributed by atoms with E-state index < -0.39 is 18.1 Å². The molecule has 0 spiro atoms. The van der Waals surface area contributed by atoms with Gasteiger partial charge < -0.3 is 23.8 Å². The first-order valence-corrected chi connectivity index (χ1v) is 24.0. The fourth-order valence-electron chi connectivity index (χ4n) is 6.64. The summed E-state index contributed by atoms with van der Waals surface area (Å²) in [4.78, 5) is 37.1. The third kappa shape index (κ3) is 40.2. The third-order valence-electron chi connectivity index (χ3n) is 10.3. The molecule has 344 valence electrons. The van der Waals surface area contributed by atoms with Crippen LogP contribution >= 0.6 is 0 Å². The Bertz CT molecular complexity index is 1210. The van der Waals surface area contributed by atoms with Crippen molar-refractivity contribution >= 4 is 17.9 Å². The molecular weight excluding hydrogens is 751 g/mol. The van der Waals surface area contributed by atoms with Crippen LogP contribution in [-0.4, -0.2) is 80.6 Å². The maximum absolute atomic E-state index is 12.7. The van der Waals surface area contributed by atoms with E-state index >= 15 is 0 Å². The molecule has 0 fully saturated rings. The third-order valence-corrected chi connectivity index (χ3v) is 10.3. The lowest BCUT2D eigenvalue weighted by molar-refractivity contribution is -0.887. The Balaban J connectivity index is 4.33. The SMILES string of the molecule is CC/C=C\C/C=C\C/C=C\C/C=C\CCCCC(=O)OC(COCCC(C(=O)O)[N+](C)(C)C)COC(=O)CCCCCCCCCCC/C=C\C/C=C\CCCCCCC. The number of allylic oxidation sites excluding steroid dienone is 12. The highest BCUT2D eigenvalue weighted by Gasteiger charge is 2.31. The molecule has 2 atom stereocenters. The lowest BCUT2D eigenvalue weighted by atomic mass is 10.1. The molecule has 0 aliphatic rings. The Morgan fingerprint density at radius 2 is 0.933 bits per heavy atom. The van der Waals surface area contributed by atoms with Gasteiger partial charge in [0.15, 0.2) is 12.1 Å². The highest BCUT2D eigenvalue weighted by Crippen LogP contribution is 2.14. The van der Waals surface area contributed by atoms with Crippen molar-refractivity contribution in [2.24, 2.45) is 0 Å². The Labute approximate surface area is 368 Å². The monoisotopic (exact) mass is 841 g/mol. The maximum Gasteiger partial charge on any atom is 0.362 e. The second kappa shape index (κ2) is 42.5. The van der Waals surface area contributed by atoms with Crippen LogP contribution in [0.3, 0.4) is 0 Å². The van der Waals surface area contributed by atoms with Gasteiger partial charge in [-0.1, -0.05) is 157 Å². The number of hydrogen-bond acceptors (Lipinski definition) is 6. The lowest BCUT2D eigenvalue weighted by Crippen LogP contribution is -2.50. The number of likely N-dealkylation sites (N-methyl/N-ethyl adjacent to an activating group) is 1. The number of aliphatic carboxylic acids is 1. The minimum absolute atomic E-state index is 0.0398. The van der Waals surface area contributed by atoms with Gasteiger partial charge in [-0.15, -0.1) is 0 Å². The zero-order valence-electron chi connectivity index (χ0n) is 39.1. The topological polar surface area (TPSA) is 99.1 Å². The molecule has 0 bridgehead atoms. The number of carbonyl (C=O) groups is 3. The number of rotatable bonds is 42. The smallest absolute Gasteiger partial charge is 0.362 e. The molecule has 1 N–H and O–H groups in total. The summed E-state index contributed by atoms with van der Waals surface area (Å²) in [6.07, 6.45) is 53.8. The van der Waals surface area contributed by atoms with Crippen LogP contribution in [0.4, 0.5) is 0 Å². The normalized spacial score (nSPS) is 13.6. The molecule has 0 aromatic rings. The van der Waals surface area contributed by atoms with Crippen molar-refractivity contribution in [2.75, 3.05) is 41.0 Å². The first-order valence-electron chi connectivity index (χ1n) is 24.0. The fourth-order valence-corrected chi connectivity index (χ4v) is 6.64. The van der Waals surface area contributed by atoms with Gasteiger partial charge in [0.05, 0.1) is 34.4 Å². The van der Waals surface area contributed by atoms with E-state index in [1.54, 1.807) is 0 Å². The van der Waals surface area contributed by atoms with Crippen molar-refractivity contribution in [3.63, 3.8) is 0 Å². The van der Waals surface area contributed by atoms with Crippen molar-refractivity contribution < 1.29 is 38.2 Å². The van der Waals surface area contributed by atoms with Gasteiger partial charge in [-0.3, -0.25) is 9.59 Å². The van der Waals surface area contributed by atoms with Gasteiger partial charge in [0.25, 0.3) is 0 Å². The van der Waals surface area contributed by atoms with Gasteiger partial charge in [0.1, 0.15) is 6.61 Å². The number of hydrogen-bond donors (Lipinski definition) is 1. The number of carboxylic acids is 1. The van der Waals surface area contributed by atoms with Crippen LogP contribution in [-0.2, 0) is 28.6 Å². The van der Waals surface area contributed by atoms with Gasteiger partial charge in [-0.2, -0.15) is 0 Å². The molecule has 0 saturated carbocycles. The van der Waals surface area contributed by atoms with Crippen LogP contribution in [0.5, 0.6) is 0 Å². The Hall–Kier alpha value is -3.23. The van der Waals surface area contributed by atoms with Crippen LogP contribution in [0, 0.1) is 0 Å². The predicted molar refractivity (Wildman–Crippen MR) is 252 cm³/mol. The standard InChI is InChI=1S/C52H89NO7/c1-6-8-10-12-14-16-18-20-22-23-24-25-26-27-29-30-32-34-36-38-40-42-50(54)59-47-48(46-58-45-44-49(52(56)57)53(3,4)5)60-51(55)43-41-39-37-35-33-31-28-21-19-17-15-13-11-9-7-2/h9,11,15,17-18,20-21,23-24,28,33,35,48-49H,6-8,10,12-14,16,19,22,25-27,29-32,34,36-47H2,1-5H3/p+1/b11-9-,17-15-,20-18-,24-23-,28-21-,35-33-. The minimum Gasteiger partial charge on any atom is -0.477 e. The number of carbonyl (C=O) groups excluding carboxylic acids is 2. The van der Waals surface area contributed by atoms with E-state index in [0.29, 0.717) is 19.3 Å². The quantitative estimate of drug-likeness (QED) is 0.0283. The van der Waals surface area contributed by atoms with E-state index in [2.05, 4.69) is 86.8 Å². The van der Waals surface area contributed by atoms with Gasteiger partial charge >= 0.3 is 17.9 Å². The maximum atomic E-state index is 12.7. The Morgan fingerprint density at radius 3 is 1.42 bits per heavy atom. The summed E-state index contributed by atoms with van der Waals surface area (Å²) in [5, 5.41) is 9.63. The highest BCUT2D eigenvalue weighted by atomic mass is 16.6. The van der Waals surface area contributed by atoms with E-state index in [1.807, 2.05) is 21.1 Å². The van der Waals surface area contributed by atoms with Crippen LogP contribution in [0.1, 0.15) is 187 Å². The molecule has 2 unspecified atom stereocenters. The Kier molecular flexibility index (Phi) is 40.2. The van der Waals surface area contributed by atoms with Crippen molar-refractivity contribution in [3.05, 3.63) is 72.9 Å². The molecule has 0 aromatic carbocycles. The van der Waals surface area contributed by atoms with Crippen molar-refractivity contribution in [3.8, 4) is 0 Å². The van der Waals surface area contributed by atoms with Crippen LogP contribution in [0.2, 0.25) is 0 Å². The Morgan fingerprint density at radius 1 is 0.517 bits per heavy atom. The molecule has 0 radical (unpaired) electrons. The summed E-state index contributed by atoms with van der Waals surface area (Å²) in [7, 11) is 5.51. The predicted octanol–water partition coefficient (Wildman–Crippen LogP) is 13.5. The lowest BCUT2D eigenvalue weighted by Gasteiger charge is -2.31. The first-order chi connectivity index (χ1) is 29.1. The highest BCUT2D eigenvalue weighted by molar-refractivity contribution is 5.72. The number of carboxylic acid groups (broad SMARTS) is 1. The van der Waals surface area contributed by atoms with Crippen LogP contribution < -0.4 is 0 Å². The largest absolute Gasteiger partial charge is 0.477 e. The molecule has 0 aliphatic carbocycles. The average molecular weight is 841 g/mol. The first kappa shape index (κ1) is 56.8. The number of unbranched alkanes of at least 4 members (excludes halogenated alkanes) is 16. The van der Waals surface area contributed by atoms with E-state index in [9.17, 15) is 19.5 Å². The van der Waals surface area contributed by atoms with Crippen molar-refractivity contribution in [1.82, 2.24) is 0 Å². The van der Waals surface area contributed by atoms with Crippen molar-refractivity contribution in [2.45, 2.75) is 199 Å². The molecule has 0 heterocycles. The second-order valence-corrected chi connectivity index (χ2v) is 17.0. The molecule has 60 heavy (non-hydrogen) atoms. The van der Waals surface area contributed by atoms with Crippen molar-refractivity contribution in [1.29, 1.82) is 0 Å². The van der Waals surface area contributed by atoms with Gasteiger partial charge in [0.2, 0.25) is 0 Å². The summed E-state index contributed by atoms with van der Waals surface area (Å²) in [5.41, 5.74) is 0. The molecule has 8 nitrogen and oxygen atoms in total. The van der Waals surface area contributed by atoms with Crippen LogP contribution in [0.15, 0.2) is 72.9 Å². The van der Waals surface area contributed by atoms with Crippen LogP contribution in [0.25, 0.3) is 0 Å². The van der Waals surface area contributed by atoms with Gasteiger partial charge in [-0.25, -0.2) is 4.79 Å². The van der Waals surface area contributed by atoms with E-state index in [0.717, 1.165) is 64.2 Å². The number of nitrogens with zero attached hydrogens (tertiary/aromatic N) is 1. The number of ether oxygens (including phenoxy) is 3. The minimum atomic E-state index is -0.885. The molecule has 0 aliphatic heterocycles. The summed E-state index contributed by atoms with van der Waals surface area (Å²) >= 11 is 0. The van der Waals surface area contributed by atoms with E-state index in [-0.39, 0.29) is 42.7 Å². The molecule has 0 amide bonds. The second-order valence-electron chi connectivity index (χ2n) is 17.0. The van der Waals surface area contributed by atoms with Gasteiger partial charge in [-0.05, 0) is 83.5 Å². The zero-order chi connectivity index (χ0) is 44.2. The summed E-state index contributed by atoms with van der Waals surface area (Å²) in [5.74, 6) is -1.53. The molecule has 0 rings (SSSR count). The van der Waals surface area contributed by atoms with E-state index in [1.165, 1.54) is 83.5 Å². The average Bonchev–Trinajstić information content (AvgIpc) is 3.21. The molecule has 8 heteroatoms. The van der Waals surface area contributed by atoms with E-state index in [4.69, 9.17) is 14.2 Å². The fraction of sp³-hybridized carbons (Fsp3) is 0.712. The summed E-state index contributed by atoms with van der Waals surface area (Å²) in [6, 6.07) is -0.626. The molecule has 0 saturated heterocycles. The zero-order valence-corrected chi connectivity index (χ0v) is 39.1. The van der Waals surface area contributed by atoms with Gasteiger partial charge in [0, 0.05) is 19.3 Å². The number of esters is 2. The molecular formula is C52H90NO7+. The summed E-state index contributed by atoms with van der Waals surface area (Å²) < 4.78 is 17.3. The molecule has 0 aromatic heterocycles. The summed E-state index contributed by atoms with van der Waals surface area (Å²) in [6.45, 7) is 4.56.